The molecule has 2 N–H and O–H groups in total. The van der Waals surface area contributed by atoms with Crippen LogP contribution in [-0.4, -0.2) is 31.2 Å². The standard InChI is InChI=1S/C15H20N2O3S/c1-3-11(2)14(18)10-17-21(19,20)15-6-4-5-12-9-16-8-7-13(12)15/h4-9,11,14,17-18H,3,10H2,1-2H3. The van der Waals surface area contributed by atoms with E-state index in [0.29, 0.717) is 5.39 Å². The molecule has 2 rings (SSSR count). The van der Waals surface area contributed by atoms with Crippen molar-refractivity contribution in [2.24, 2.45) is 5.92 Å². The van der Waals surface area contributed by atoms with Crippen molar-refractivity contribution >= 4 is 20.8 Å². The topological polar surface area (TPSA) is 79.3 Å². The first-order chi connectivity index (χ1) is 9.95. The van der Waals surface area contributed by atoms with E-state index in [2.05, 4.69) is 9.71 Å². The minimum Gasteiger partial charge on any atom is -0.391 e. The van der Waals surface area contributed by atoms with Crippen molar-refractivity contribution < 1.29 is 13.5 Å². The molecule has 114 valence electrons. The molecule has 2 aromatic rings. The zero-order valence-electron chi connectivity index (χ0n) is 12.2. The second kappa shape index (κ2) is 6.51. The van der Waals surface area contributed by atoms with Crippen LogP contribution in [0.4, 0.5) is 0 Å². The van der Waals surface area contributed by atoms with E-state index in [1.807, 2.05) is 19.9 Å². The fourth-order valence-electron chi connectivity index (χ4n) is 2.07. The van der Waals surface area contributed by atoms with E-state index < -0.39 is 16.1 Å². The van der Waals surface area contributed by atoms with Crippen molar-refractivity contribution in [3.63, 3.8) is 0 Å². The van der Waals surface area contributed by atoms with E-state index in [1.165, 1.54) is 0 Å². The number of benzene rings is 1. The average molecular weight is 308 g/mol. The van der Waals surface area contributed by atoms with E-state index in [-0.39, 0.29) is 17.4 Å². The van der Waals surface area contributed by atoms with E-state index in [9.17, 15) is 13.5 Å². The quantitative estimate of drug-likeness (QED) is 0.854. The Balaban J connectivity index is 2.26. The van der Waals surface area contributed by atoms with Gasteiger partial charge in [0.2, 0.25) is 10.0 Å². The molecule has 1 aromatic carbocycles. The van der Waals surface area contributed by atoms with E-state index in [1.54, 1.807) is 30.6 Å². The Kier molecular flexibility index (Phi) is 4.92. The van der Waals surface area contributed by atoms with Crippen LogP contribution in [0.2, 0.25) is 0 Å². The number of fused-ring (bicyclic) bond motifs is 1. The zero-order chi connectivity index (χ0) is 15.5. The molecular weight excluding hydrogens is 288 g/mol. The van der Waals surface area contributed by atoms with Crippen molar-refractivity contribution in [3.05, 3.63) is 36.7 Å². The van der Waals surface area contributed by atoms with Crippen LogP contribution in [0.25, 0.3) is 10.8 Å². The van der Waals surface area contributed by atoms with Gasteiger partial charge in [0.1, 0.15) is 0 Å². The summed E-state index contributed by atoms with van der Waals surface area (Å²) in [5, 5.41) is 11.3. The van der Waals surface area contributed by atoms with Crippen LogP contribution in [-0.2, 0) is 10.0 Å². The highest BCUT2D eigenvalue weighted by atomic mass is 32.2. The highest BCUT2D eigenvalue weighted by Gasteiger charge is 2.20. The van der Waals surface area contributed by atoms with Gasteiger partial charge in [-0.05, 0) is 18.1 Å². The summed E-state index contributed by atoms with van der Waals surface area (Å²) in [5.41, 5.74) is 0. The molecule has 0 aliphatic carbocycles. The second-order valence-electron chi connectivity index (χ2n) is 5.16. The number of aliphatic hydroxyl groups is 1. The Morgan fingerprint density at radius 1 is 1.33 bits per heavy atom. The van der Waals surface area contributed by atoms with Crippen molar-refractivity contribution in [2.45, 2.75) is 31.3 Å². The lowest BCUT2D eigenvalue weighted by atomic mass is 10.0. The fraction of sp³-hybridized carbons (Fsp3) is 0.400. The van der Waals surface area contributed by atoms with Gasteiger partial charge in [-0.1, -0.05) is 32.4 Å². The van der Waals surface area contributed by atoms with Crippen LogP contribution in [0.3, 0.4) is 0 Å². The van der Waals surface area contributed by atoms with Gasteiger partial charge in [0.15, 0.2) is 0 Å². The number of aromatic nitrogens is 1. The summed E-state index contributed by atoms with van der Waals surface area (Å²) >= 11 is 0. The minimum absolute atomic E-state index is 0.0127. The number of hydrogen-bond acceptors (Lipinski definition) is 4. The van der Waals surface area contributed by atoms with Crippen LogP contribution < -0.4 is 4.72 Å². The Labute approximate surface area is 125 Å². The Bertz CT molecular complexity index is 710. The summed E-state index contributed by atoms with van der Waals surface area (Å²) in [4.78, 5) is 4.20. The van der Waals surface area contributed by atoms with Gasteiger partial charge in [-0.25, -0.2) is 13.1 Å². The van der Waals surface area contributed by atoms with Gasteiger partial charge < -0.3 is 5.11 Å². The fourth-order valence-corrected chi connectivity index (χ4v) is 3.35. The predicted molar refractivity (Wildman–Crippen MR) is 82.4 cm³/mol. The van der Waals surface area contributed by atoms with E-state index >= 15 is 0 Å². The number of sulfonamides is 1. The number of nitrogens with zero attached hydrogens (tertiary/aromatic N) is 1. The minimum atomic E-state index is -3.66. The first-order valence-corrected chi connectivity index (χ1v) is 8.44. The Hall–Kier alpha value is -1.50. The molecule has 0 radical (unpaired) electrons. The normalized spacial score (nSPS) is 15.0. The second-order valence-corrected chi connectivity index (χ2v) is 6.89. The molecule has 2 unspecified atom stereocenters. The number of hydrogen-bond donors (Lipinski definition) is 2. The number of nitrogens with one attached hydrogen (secondary N) is 1. The SMILES string of the molecule is CCC(C)C(O)CNS(=O)(=O)c1cccc2cnccc12. The smallest absolute Gasteiger partial charge is 0.241 e. The molecule has 1 aromatic heterocycles. The lowest BCUT2D eigenvalue weighted by Crippen LogP contribution is -2.35. The molecule has 0 aliphatic rings. The van der Waals surface area contributed by atoms with Crippen molar-refractivity contribution in [1.29, 1.82) is 0 Å². The third-order valence-corrected chi connectivity index (χ3v) is 5.20. The summed E-state index contributed by atoms with van der Waals surface area (Å²) in [6.45, 7) is 3.86. The van der Waals surface area contributed by atoms with Crippen molar-refractivity contribution in [1.82, 2.24) is 9.71 Å². The molecule has 0 bridgehead atoms. The molecule has 6 heteroatoms. The van der Waals surface area contributed by atoms with Gasteiger partial charge in [0.25, 0.3) is 0 Å². The van der Waals surface area contributed by atoms with Gasteiger partial charge in [-0.15, -0.1) is 0 Å². The summed E-state index contributed by atoms with van der Waals surface area (Å²) < 4.78 is 27.3. The third kappa shape index (κ3) is 3.58. The molecule has 0 saturated carbocycles. The van der Waals surface area contributed by atoms with Gasteiger partial charge in [-0.3, -0.25) is 4.98 Å². The van der Waals surface area contributed by atoms with Gasteiger partial charge in [0.05, 0.1) is 11.0 Å². The summed E-state index contributed by atoms with van der Waals surface area (Å²) in [6, 6.07) is 6.73. The van der Waals surface area contributed by atoms with Crippen LogP contribution >= 0.6 is 0 Å². The zero-order valence-corrected chi connectivity index (χ0v) is 13.0. The van der Waals surface area contributed by atoms with E-state index in [4.69, 9.17) is 0 Å². The number of aliphatic hydroxyl groups excluding tert-OH is 1. The number of rotatable bonds is 6. The van der Waals surface area contributed by atoms with Crippen LogP contribution in [0.1, 0.15) is 20.3 Å². The van der Waals surface area contributed by atoms with Gasteiger partial charge >= 0.3 is 0 Å². The van der Waals surface area contributed by atoms with Crippen LogP contribution in [0, 0.1) is 5.92 Å². The van der Waals surface area contributed by atoms with E-state index in [0.717, 1.165) is 11.8 Å². The van der Waals surface area contributed by atoms with Crippen molar-refractivity contribution in [2.75, 3.05) is 6.54 Å². The average Bonchev–Trinajstić information content (AvgIpc) is 2.51. The molecule has 0 fully saturated rings. The molecule has 5 nitrogen and oxygen atoms in total. The summed E-state index contributed by atoms with van der Waals surface area (Å²) in [7, 11) is -3.66. The molecule has 21 heavy (non-hydrogen) atoms. The highest BCUT2D eigenvalue weighted by Crippen LogP contribution is 2.21. The molecule has 1 heterocycles. The van der Waals surface area contributed by atoms with Gasteiger partial charge in [0, 0.05) is 29.7 Å². The lowest BCUT2D eigenvalue weighted by Gasteiger charge is -2.18. The maximum absolute atomic E-state index is 12.4. The maximum Gasteiger partial charge on any atom is 0.241 e. The highest BCUT2D eigenvalue weighted by molar-refractivity contribution is 7.89. The van der Waals surface area contributed by atoms with Crippen LogP contribution in [0.5, 0.6) is 0 Å². The molecule has 0 amide bonds. The number of pyridine rings is 1. The van der Waals surface area contributed by atoms with Crippen molar-refractivity contribution in [3.8, 4) is 0 Å². The van der Waals surface area contributed by atoms with Crippen LogP contribution in [0.15, 0.2) is 41.6 Å². The molecule has 0 spiro atoms. The molecular formula is C15H20N2O3S. The third-order valence-electron chi connectivity index (χ3n) is 3.71. The monoisotopic (exact) mass is 308 g/mol. The Morgan fingerprint density at radius 3 is 2.81 bits per heavy atom. The molecule has 0 saturated heterocycles. The lowest BCUT2D eigenvalue weighted by molar-refractivity contribution is 0.118. The maximum atomic E-state index is 12.4. The van der Waals surface area contributed by atoms with Gasteiger partial charge in [-0.2, -0.15) is 0 Å². The summed E-state index contributed by atoms with van der Waals surface area (Å²) in [6.07, 6.45) is 3.29. The first-order valence-electron chi connectivity index (χ1n) is 6.96. The predicted octanol–water partition coefficient (Wildman–Crippen LogP) is 1.92. The largest absolute Gasteiger partial charge is 0.391 e. The summed E-state index contributed by atoms with van der Waals surface area (Å²) in [5.74, 6) is 0.0458. The molecule has 0 aliphatic heterocycles. The first kappa shape index (κ1) is 15.9. The molecule has 2 atom stereocenters. The Morgan fingerprint density at radius 2 is 2.10 bits per heavy atom.